The Morgan fingerprint density at radius 2 is 2.05 bits per heavy atom. The molecule has 3 rings (SSSR count). The summed E-state index contributed by atoms with van der Waals surface area (Å²) in [6, 6.07) is 15.4. The molecule has 1 aliphatic heterocycles. The van der Waals surface area contributed by atoms with E-state index in [1.54, 1.807) is 6.07 Å². The van der Waals surface area contributed by atoms with Crippen LogP contribution in [0.15, 0.2) is 48.5 Å². The van der Waals surface area contributed by atoms with Crippen molar-refractivity contribution in [3.63, 3.8) is 0 Å². The van der Waals surface area contributed by atoms with Crippen molar-refractivity contribution in [1.29, 1.82) is 0 Å². The van der Waals surface area contributed by atoms with Gasteiger partial charge in [-0.2, -0.15) is 0 Å². The molecule has 2 atom stereocenters. The Morgan fingerprint density at radius 3 is 2.82 bits per heavy atom. The van der Waals surface area contributed by atoms with E-state index in [-0.39, 0.29) is 17.9 Å². The molecule has 4 heteroatoms. The molecule has 0 fully saturated rings. The van der Waals surface area contributed by atoms with Gasteiger partial charge in [-0.1, -0.05) is 41.9 Å². The summed E-state index contributed by atoms with van der Waals surface area (Å²) in [7, 11) is 0. The van der Waals surface area contributed by atoms with E-state index < -0.39 is 0 Å². The molecule has 0 aromatic heterocycles. The summed E-state index contributed by atoms with van der Waals surface area (Å²) in [5, 5.41) is 3.73. The molecule has 2 aromatic rings. The van der Waals surface area contributed by atoms with E-state index in [0.717, 1.165) is 16.9 Å². The van der Waals surface area contributed by atoms with Crippen molar-refractivity contribution in [3.05, 3.63) is 64.7 Å². The highest BCUT2D eigenvalue weighted by atomic mass is 35.5. The van der Waals surface area contributed by atoms with Crippen molar-refractivity contribution >= 4 is 17.5 Å². The molecular formula is C18H18ClNO2. The molecule has 1 aliphatic rings. The molecule has 1 amide bonds. The van der Waals surface area contributed by atoms with E-state index in [2.05, 4.69) is 5.32 Å². The number of ether oxygens (including phenoxy) is 1. The number of benzene rings is 2. The highest BCUT2D eigenvalue weighted by Crippen LogP contribution is 2.30. The highest BCUT2D eigenvalue weighted by molar-refractivity contribution is 6.30. The summed E-state index contributed by atoms with van der Waals surface area (Å²) in [6.45, 7) is 2.39. The van der Waals surface area contributed by atoms with Gasteiger partial charge in [-0.25, -0.2) is 0 Å². The van der Waals surface area contributed by atoms with Gasteiger partial charge in [0.25, 0.3) is 0 Å². The Labute approximate surface area is 135 Å². The third-order valence-corrected chi connectivity index (χ3v) is 4.19. The zero-order chi connectivity index (χ0) is 15.5. The second kappa shape index (κ2) is 6.41. The number of hydrogen-bond acceptors (Lipinski definition) is 2. The molecule has 1 heterocycles. The fourth-order valence-electron chi connectivity index (χ4n) is 2.69. The van der Waals surface area contributed by atoms with Gasteiger partial charge in [-0.3, -0.25) is 4.79 Å². The average Bonchev–Trinajstić information content (AvgIpc) is 2.54. The van der Waals surface area contributed by atoms with Crippen LogP contribution >= 0.6 is 11.6 Å². The standard InChI is InChI=1S/C18H18ClNO2/c1-12(13-5-3-2-4-6-13)20-18(21)15-9-14-10-16(19)7-8-17(14)22-11-15/h2-8,10,12,15H,9,11H2,1H3,(H,20,21)/t12-,15+/m1/s1. The van der Waals surface area contributed by atoms with Gasteiger partial charge < -0.3 is 10.1 Å². The first-order chi connectivity index (χ1) is 10.6. The summed E-state index contributed by atoms with van der Waals surface area (Å²) >= 11 is 6.01. The van der Waals surface area contributed by atoms with Crippen LogP contribution in [0.1, 0.15) is 24.1 Å². The van der Waals surface area contributed by atoms with Crippen molar-refractivity contribution in [3.8, 4) is 5.75 Å². The van der Waals surface area contributed by atoms with Gasteiger partial charge in [0.15, 0.2) is 0 Å². The molecule has 114 valence electrons. The second-order valence-electron chi connectivity index (χ2n) is 5.61. The Kier molecular flexibility index (Phi) is 4.34. The number of fused-ring (bicyclic) bond motifs is 1. The number of hydrogen-bond donors (Lipinski definition) is 1. The molecule has 0 radical (unpaired) electrons. The SMILES string of the molecule is C[C@@H](NC(=O)[C@@H]1COc2ccc(Cl)cc2C1)c1ccccc1. The van der Waals surface area contributed by atoms with Crippen LogP contribution in [0, 0.1) is 5.92 Å². The highest BCUT2D eigenvalue weighted by Gasteiger charge is 2.27. The van der Waals surface area contributed by atoms with Crippen LogP contribution in [0.2, 0.25) is 5.02 Å². The summed E-state index contributed by atoms with van der Waals surface area (Å²) in [6.07, 6.45) is 0.656. The molecule has 2 aromatic carbocycles. The average molecular weight is 316 g/mol. The maximum absolute atomic E-state index is 12.5. The van der Waals surface area contributed by atoms with Gasteiger partial charge in [0, 0.05) is 5.02 Å². The van der Waals surface area contributed by atoms with Gasteiger partial charge >= 0.3 is 0 Å². The van der Waals surface area contributed by atoms with Crippen LogP contribution in [0.25, 0.3) is 0 Å². The van der Waals surface area contributed by atoms with Crippen LogP contribution < -0.4 is 10.1 Å². The predicted molar refractivity (Wildman–Crippen MR) is 87.1 cm³/mol. The molecule has 22 heavy (non-hydrogen) atoms. The largest absolute Gasteiger partial charge is 0.492 e. The van der Waals surface area contributed by atoms with E-state index in [4.69, 9.17) is 16.3 Å². The first kappa shape index (κ1) is 14.9. The van der Waals surface area contributed by atoms with Gasteiger partial charge in [0.05, 0.1) is 12.0 Å². The van der Waals surface area contributed by atoms with Crippen molar-refractivity contribution in [2.24, 2.45) is 5.92 Å². The molecule has 1 N–H and O–H groups in total. The fraction of sp³-hybridized carbons (Fsp3) is 0.278. The molecule has 0 unspecified atom stereocenters. The minimum Gasteiger partial charge on any atom is -0.492 e. The fourth-order valence-corrected chi connectivity index (χ4v) is 2.88. The van der Waals surface area contributed by atoms with Gasteiger partial charge in [0.1, 0.15) is 12.4 Å². The number of amides is 1. The van der Waals surface area contributed by atoms with Gasteiger partial charge in [-0.05, 0) is 42.7 Å². The lowest BCUT2D eigenvalue weighted by Gasteiger charge is -2.26. The molecule has 0 aliphatic carbocycles. The Balaban J connectivity index is 1.66. The molecule has 0 saturated carbocycles. The summed E-state index contributed by atoms with van der Waals surface area (Å²) in [5.41, 5.74) is 2.09. The minimum atomic E-state index is -0.183. The third-order valence-electron chi connectivity index (χ3n) is 3.96. The number of halogens is 1. The Bertz CT molecular complexity index is 672. The quantitative estimate of drug-likeness (QED) is 0.936. The molecule has 0 saturated heterocycles. The van der Waals surface area contributed by atoms with Crippen LogP contribution in [0.4, 0.5) is 0 Å². The number of carbonyl (C=O) groups excluding carboxylic acids is 1. The van der Waals surface area contributed by atoms with E-state index in [0.29, 0.717) is 18.1 Å². The van der Waals surface area contributed by atoms with Crippen LogP contribution in [0.5, 0.6) is 5.75 Å². The number of rotatable bonds is 3. The molecule has 3 nitrogen and oxygen atoms in total. The van der Waals surface area contributed by atoms with Crippen LogP contribution in [-0.4, -0.2) is 12.5 Å². The number of nitrogens with one attached hydrogen (secondary N) is 1. The number of carbonyl (C=O) groups is 1. The van der Waals surface area contributed by atoms with Crippen molar-refractivity contribution in [2.45, 2.75) is 19.4 Å². The summed E-state index contributed by atoms with van der Waals surface area (Å²) < 4.78 is 5.68. The van der Waals surface area contributed by atoms with Gasteiger partial charge in [0.2, 0.25) is 5.91 Å². The van der Waals surface area contributed by atoms with Gasteiger partial charge in [-0.15, -0.1) is 0 Å². The third kappa shape index (κ3) is 3.25. The van der Waals surface area contributed by atoms with Crippen molar-refractivity contribution in [1.82, 2.24) is 5.32 Å². The maximum Gasteiger partial charge on any atom is 0.227 e. The summed E-state index contributed by atoms with van der Waals surface area (Å²) in [4.78, 5) is 12.5. The maximum atomic E-state index is 12.5. The molecule has 0 spiro atoms. The minimum absolute atomic E-state index is 0.0157. The Morgan fingerprint density at radius 1 is 1.27 bits per heavy atom. The van der Waals surface area contributed by atoms with E-state index in [1.165, 1.54) is 0 Å². The van der Waals surface area contributed by atoms with Crippen LogP contribution in [0.3, 0.4) is 0 Å². The van der Waals surface area contributed by atoms with Crippen molar-refractivity contribution in [2.75, 3.05) is 6.61 Å². The van der Waals surface area contributed by atoms with Crippen molar-refractivity contribution < 1.29 is 9.53 Å². The molecular weight excluding hydrogens is 298 g/mol. The van der Waals surface area contributed by atoms with E-state index in [9.17, 15) is 4.79 Å². The van der Waals surface area contributed by atoms with E-state index >= 15 is 0 Å². The normalized spacial score (nSPS) is 18.0. The summed E-state index contributed by atoms with van der Waals surface area (Å²) in [5.74, 6) is 0.656. The van der Waals surface area contributed by atoms with E-state index in [1.807, 2.05) is 49.4 Å². The predicted octanol–water partition coefficient (Wildman–Crippen LogP) is 3.77. The van der Waals surface area contributed by atoms with Crippen LogP contribution in [-0.2, 0) is 11.2 Å². The second-order valence-corrected chi connectivity index (χ2v) is 6.04. The lowest BCUT2D eigenvalue weighted by Crippen LogP contribution is -2.38. The first-order valence-electron chi connectivity index (χ1n) is 7.40. The smallest absolute Gasteiger partial charge is 0.227 e. The Hall–Kier alpha value is -2.00. The zero-order valence-corrected chi connectivity index (χ0v) is 13.1. The zero-order valence-electron chi connectivity index (χ0n) is 12.4. The lowest BCUT2D eigenvalue weighted by molar-refractivity contribution is -0.126. The first-order valence-corrected chi connectivity index (χ1v) is 7.78. The lowest BCUT2D eigenvalue weighted by atomic mass is 9.95. The topological polar surface area (TPSA) is 38.3 Å². The monoisotopic (exact) mass is 315 g/mol. The molecule has 0 bridgehead atoms.